The third-order valence-electron chi connectivity index (χ3n) is 3.80. The fraction of sp³-hybridized carbons (Fsp3) is 0.533. The van der Waals surface area contributed by atoms with Gasteiger partial charge in [0, 0.05) is 23.4 Å². The quantitative estimate of drug-likeness (QED) is 0.809. The molecule has 1 fully saturated rings. The molecule has 2 heterocycles. The highest BCUT2D eigenvalue weighted by Gasteiger charge is 2.23. The van der Waals surface area contributed by atoms with Crippen molar-refractivity contribution in [1.29, 1.82) is 0 Å². The van der Waals surface area contributed by atoms with Crippen LogP contribution in [0.3, 0.4) is 0 Å². The average molecular weight is 275 g/mol. The summed E-state index contributed by atoms with van der Waals surface area (Å²) in [6.07, 6.45) is 5.21. The summed E-state index contributed by atoms with van der Waals surface area (Å²) < 4.78 is 0. The van der Waals surface area contributed by atoms with Gasteiger partial charge in [0.05, 0.1) is 0 Å². The SMILES string of the molecule is C=C(Cc1cccs1)N[C@@H]1BC[C@H](CC(C)=O)CC1. The third-order valence-corrected chi connectivity index (χ3v) is 4.68. The van der Waals surface area contributed by atoms with E-state index in [0.29, 0.717) is 17.6 Å². The molecule has 2 rings (SSSR count). The minimum absolute atomic E-state index is 0.332. The van der Waals surface area contributed by atoms with Crippen LogP contribution in [0.2, 0.25) is 6.32 Å². The molecule has 0 amide bonds. The molecule has 2 atom stereocenters. The molecule has 1 N–H and O–H groups in total. The first-order valence-electron chi connectivity index (χ1n) is 7.09. The van der Waals surface area contributed by atoms with Gasteiger partial charge in [0.25, 0.3) is 0 Å². The first-order valence-corrected chi connectivity index (χ1v) is 7.97. The molecule has 4 heteroatoms. The van der Waals surface area contributed by atoms with Gasteiger partial charge in [-0.15, -0.1) is 11.3 Å². The van der Waals surface area contributed by atoms with Gasteiger partial charge >= 0.3 is 0 Å². The Kier molecular flexibility index (Phi) is 5.26. The largest absolute Gasteiger partial charge is 0.393 e. The van der Waals surface area contributed by atoms with Gasteiger partial charge in [0.15, 0.2) is 0 Å². The van der Waals surface area contributed by atoms with Crippen LogP contribution in [0, 0.1) is 5.92 Å². The van der Waals surface area contributed by atoms with Crippen molar-refractivity contribution in [2.24, 2.45) is 5.92 Å². The molecule has 19 heavy (non-hydrogen) atoms. The van der Waals surface area contributed by atoms with E-state index in [1.165, 1.54) is 31.3 Å². The zero-order valence-electron chi connectivity index (χ0n) is 11.7. The second-order valence-corrected chi connectivity index (χ2v) is 6.66. The molecular weight excluding hydrogens is 253 g/mol. The van der Waals surface area contributed by atoms with Crippen molar-refractivity contribution in [2.45, 2.75) is 44.9 Å². The number of hydrogen-bond acceptors (Lipinski definition) is 3. The fourth-order valence-corrected chi connectivity index (χ4v) is 3.63. The van der Waals surface area contributed by atoms with Crippen LogP contribution in [0.25, 0.3) is 0 Å². The van der Waals surface area contributed by atoms with Gasteiger partial charge in [0.1, 0.15) is 13.1 Å². The molecule has 1 aliphatic rings. The maximum Gasteiger partial charge on any atom is 0.149 e. The molecule has 0 aromatic carbocycles. The number of hydrogen-bond donors (Lipinski definition) is 1. The molecule has 1 aromatic rings. The number of carbonyl (C=O) groups excluding carboxylic acids is 1. The number of rotatable bonds is 6. The third kappa shape index (κ3) is 4.86. The molecule has 1 aromatic heterocycles. The summed E-state index contributed by atoms with van der Waals surface area (Å²) in [6, 6.07) is 4.24. The molecule has 1 saturated heterocycles. The van der Waals surface area contributed by atoms with E-state index >= 15 is 0 Å². The summed E-state index contributed by atoms with van der Waals surface area (Å²) in [5, 5.41) is 5.66. The van der Waals surface area contributed by atoms with E-state index in [0.717, 1.165) is 18.5 Å². The molecule has 1 aliphatic heterocycles. The summed E-state index contributed by atoms with van der Waals surface area (Å²) >= 11 is 1.78. The van der Waals surface area contributed by atoms with Crippen LogP contribution in [0.4, 0.5) is 0 Å². The number of ketones is 1. The molecular formula is C15H22BNOS. The maximum atomic E-state index is 11.1. The molecule has 0 radical (unpaired) electrons. The van der Waals surface area contributed by atoms with Gasteiger partial charge in [-0.05, 0) is 43.1 Å². The molecule has 0 aliphatic carbocycles. The van der Waals surface area contributed by atoms with Crippen LogP contribution in [0.5, 0.6) is 0 Å². The number of nitrogens with one attached hydrogen (secondary N) is 1. The Labute approximate surface area is 120 Å². The van der Waals surface area contributed by atoms with Gasteiger partial charge in [0.2, 0.25) is 0 Å². The first-order chi connectivity index (χ1) is 9.13. The summed E-state index contributed by atoms with van der Waals surface area (Å²) in [6.45, 7) is 5.83. The predicted molar refractivity (Wildman–Crippen MR) is 84.1 cm³/mol. The zero-order valence-corrected chi connectivity index (χ0v) is 12.5. The van der Waals surface area contributed by atoms with Crippen molar-refractivity contribution in [3.8, 4) is 0 Å². The van der Waals surface area contributed by atoms with Crippen LogP contribution in [0.1, 0.15) is 31.1 Å². The lowest BCUT2D eigenvalue weighted by Crippen LogP contribution is -2.38. The van der Waals surface area contributed by atoms with E-state index in [1.807, 2.05) is 0 Å². The lowest BCUT2D eigenvalue weighted by molar-refractivity contribution is -0.117. The van der Waals surface area contributed by atoms with Crippen LogP contribution in [0.15, 0.2) is 29.8 Å². The number of thiophene rings is 1. The molecule has 0 unspecified atom stereocenters. The van der Waals surface area contributed by atoms with Crippen molar-refractivity contribution < 1.29 is 4.79 Å². The summed E-state index contributed by atoms with van der Waals surface area (Å²) in [7, 11) is 1.17. The van der Waals surface area contributed by atoms with Gasteiger partial charge in [-0.3, -0.25) is 0 Å². The molecule has 102 valence electrons. The highest BCUT2D eigenvalue weighted by Crippen LogP contribution is 2.24. The molecule has 0 bridgehead atoms. The Hall–Kier alpha value is -1.03. The van der Waals surface area contributed by atoms with Gasteiger partial charge in [-0.2, -0.15) is 0 Å². The normalized spacial score (nSPS) is 22.6. The van der Waals surface area contributed by atoms with E-state index in [-0.39, 0.29) is 0 Å². The molecule has 0 saturated carbocycles. The van der Waals surface area contributed by atoms with E-state index in [1.54, 1.807) is 18.3 Å². The van der Waals surface area contributed by atoms with Crippen molar-refractivity contribution >= 4 is 24.4 Å². The topological polar surface area (TPSA) is 29.1 Å². The van der Waals surface area contributed by atoms with Gasteiger partial charge in [-0.25, -0.2) is 0 Å². The highest BCUT2D eigenvalue weighted by atomic mass is 32.1. The summed E-state index contributed by atoms with van der Waals surface area (Å²) in [5.41, 5.74) is 1.12. The van der Waals surface area contributed by atoms with Crippen molar-refractivity contribution in [3.63, 3.8) is 0 Å². The maximum absolute atomic E-state index is 11.1. The minimum Gasteiger partial charge on any atom is -0.393 e. The number of carbonyl (C=O) groups is 1. The molecule has 0 spiro atoms. The van der Waals surface area contributed by atoms with Crippen LogP contribution in [-0.4, -0.2) is 19.0 Å². The second kappa shape index (κ2) is 6.95. The first kappa shape index (κ1) is 14.4. The minimum atomic E-state index is 0.332. The van der Waals surface area contributed by atoms with Crippen LogP contribution < -0.4 is 5.32 Å². The monoisotopic (exact) mass is 275 g/mol. The Morgan fingerprint density at radius 2 is 2.42 bits per heavy atom. The van der Waals surface area contributed by atoms with Crippen molar-refractivity contribution in [2.75, 3.05) is 0 Å². The van der Waals surface area contributed by atoms with E-state index in [9.17, 15) is 4.79 Å². The summed E-state index contributed by atoms with van der Waals surface area (Å²) in [4.78, 5) is 12.5. The second-order valence-electron chi connectivity index (χ2n) is 5.63. The fourth-order valence-electron chi connectivity index (χ4n) is 2.88. The Balaban J connectivity index is 1.70. The van der Waals surface area contributed by atoms with E-state index in [4.69, 9.17) is 0 Å². The Morgan fingerprint density at radius 3 is 3.00 bits per heavy atom. The Bertz CT molecular complexity index is 421. The zero-order chi connectivity index (χ0) is 13.7. The van der Waals surface area contributed by atoms with Crippen molar-refractivity contribution in [3.05, 3.63) is 34.7 Å². The lowest BCUT2D eigenvalue weighted by Gasteiger charge is -2.29. The van der Waals surface area contributed by atoms with Gasteiger partial charge in [-0.1, -0.05) is 19.0 Å². The number of Topliss-reactive ketones (excluding diaryl/α,β-unsaturated/α-hetero) is 1. The van der Waals surface area contributed by atoms with Crippen LogP contribution in [-0.2, 0) is 11.2 Å². The standard InChI is InChI=1S/C15H22BNOS/c1-11(8-14-4-3-7-19-14)17-15-6-5-13(10-16-15)9-12(2)18/h3-4,7,13,15-17H,1,5-6,8-10H2,2H3/t13-,15-/m0/s1. The van der Waals surface area contributed by atoms with E-state index in [2.05, 4.69) is 29.4 Å². The average Bonchev–Trinajstić information content (AvgIpc) is 2.83. The Morgan fingerprint density at radius 1 is 1.58 bits per heavy atom. The lowest BCUT2D eigenvalue weighted by atomic mass is 9.56. The van der Waals surface area contributed by atoms with Crippen LogP contribution >= 0.6 is 11.3 Å². The predicted octanol–water partition coefficient (Wildman–Crippen LogP) is 2.96. The smallest absolute Gasteiger partial charge is 0.149 e. The van der Waals surface area contributed by atoms with E-state index < -0.39 is 0 Å². The number of allylic oxidation sites excluding steroid dienone is 1. The van der Waals surface area contributed by atoms with Gasteiger partial charge < -0.3 is 10.1 Å². The van der Waals surface area contributed by atoms with Crippen molar-refractivity contribution in [1.82, 2.24) is 5.32 Å². The molecule has 2 nitrogen and oxygen atoms in total. The highest BCUT2D eigenvalue weighted by molar-refractivity contribution is 7.09. The summed E-state index contributed by atoms with van der Waals surface area (Å²) in [5.74, 6) is 1.50.